The molecule has 2 rings (SSSR count). The molecule has 0 radical (unpaired) electrons. The van der Waals surface area contributed by atoms with Crippen LogP contribution in [0.3, 0.4) is 0 Å². The van der Waals surface area contributed by atoms with Crippen LogP contribution in [-0.2, 0) is 6.67 Å². The van der Waals surface area contributed by atoms with Gasteiger partial charge in [-0.05, 0) is 19.1 Å². The molecule has 2 heterocycles. The second kappa shape index (κ2) is 2.81. The summed E-state index contributed by atoms with van der Waals surface area (Å²) in [7, 11) is 0. The molecule has 0 saturated heterocycles. The predicted octanol–water partition coefficient (Wildman–Crippen LogP) is 0.894. The van der Waals surface area contributed by atoms with Crippen molar-refractivity contribution in [2.75, 3.05) is 0 Å². The van der Waals surface area contributed by atoms with E-state index in [1.807, 2.05) is 34.6 Å². The lowest BCUT2D eigenvalue weighted by Crippen LogP contribution is -2.10. The van der Waals surface area contributed by atoms with Gasteiger partial charge in [-0.25, -0.2) is 4.68 Å². The van der Waals surface area contributed by atoms with E-state index in [2.05, 4.69) is 10.2 Å². The van der Waals surface area contributed by atoms with Crippen molar-refractivity contribution in [3.63, 3.8) is 0 Å². The molecule has 0 N–H and O–H groups in total. The maximum absolute atomic E-state index is 4.15. The van der Waals surface area contributed by atoms with Gasteiger partial charge in [0.15, 0.2) is 0 Å². The molecule has 4 heteroatoms. The second-order valence-electron chi connectivity index (χ2n) is 2.66. The molecule has 0 unspecified atom stereocenters. The average Bonchev–Trinajstić information content (AvgIpc) is 2.65. The highest BCUT2D eigenvalue weighted by atomic mass is 15.4. The molecule has 0 aliphatic heterocycles. The predicted molar refractivity (Wildman–Crippen MR) is 44.6 cm³/mol. The summed E-state index contributed by atoms with van der Waals surface area (Å²) < 4.78 is 3.73. The first-order chi connectivity index (χ1) is 5.86. The van der Waals surface area contributed by atoms with Crippen LogP contribution in [0.4, 0.5) is 0 Å². The Morgan fingerprint density at radius 2 is 2.25 bits per heavy atom. The van der Waals surface area contributed by atoms with Gasteiger partial charge in [0, 0.05) is 24.3 Å². The second-order valence-corrected chi connectivity index (χ2v) is 2.66. The third-order valence-corrected chi connectivity index (χ3v) is 1.77. The smallest absolute Gasteiger partial charge is 0.133 e. The number of nitrogens with zero attached hydrogens (tertiary/aromatic N) is 4. The normalized spacial score (nSPS) is 10.4. The number of aryl methyl sites for hydroxylation is 1. The maximum atomic E-state index is 4.15. The molecule has 0 atom stereocenters. The highest BCUT2D eigenvalue weighted by molar-refractivity contribution is 4.96. The Kier molecular flexibility index (Phi) is 1.66. The van der Waals surface area contributed by atoms with Crippen molar-refractivity contribution in [3.8, 4) is 0 Å². The summed E-state index contributed by atoms with van der Waals surface area (Å²) >= 11 is 0. The number of aromatic nitrogens is 4. The molecule has 0 aliphatic carbocycles. The van der Waals surface area contributed by atoms with Gasteiger partial charge < -0.3 is 0 Å². The van der Waals surface area contributed by atoms with Crippen molar-refractivity contribution in [2.45, 2.75) is 13.6 Å². The summed E-state index contributed by atoms with van der Waals surface area (Å²) in [6, 6.07) is 3.88. The topological polar surface area (TPSA) is 35.6 Å². The van der Waals surface area contributed by atoms with Gasteiger partial charge in [0.1, 0.15) is 6.67 Å². The van der Waals surface area contributed by atoms with E-state index in [1.165, 1.54) is 0 Å². The summed E-state index contributed by atoms with van der Waals surface area (Å²) in [5.74, 6) is 0. The first-order valence-corrected chi connectivity index (χ1v) is 3.82. The van der Waals surface area contributed by atoms with Crippen LogP contribution in [0.15, 0.2) is 30.7 Å². The first-order valence-electron chi connectivity index (χ1n) is 3.82. The fourth-order valence-electron chi connectivity index (χ4n) is 1.07. The van der Waals surface area contributed by atoms with E-state index in [0.29, 0.717) is 6.67 Å². The van der Waals surface area contributed by atoms with E-state index >= 15 is 0 Å². The third-order valence-electron chi connectivity index (χ3n) is 1.77. The van der Waals surface area contributed by atoms with Gasteiger partial charge in [-0.1, -0.05) is 0 Å². The van der Waals surface area contributed by atoms with Gasteiger partial charge in [0.05, 0.1) is 0 Å². The molecule has 0 saturated carbocycles. The minimum Gasteiger partial charge on any atom is -0.251 e. The molecule has 0 aliphatic rings. The maximum Gasteiger partial charge on any atom is 0.133 e. The molecule has 0 amide bonds. The Bertz CT molecular complexity index is 347. The Morgan fingerprint density at radius 3 is 2.83 bits per heavy atom. The van der Waals surface area contributed by atoms with Crippen LogP contribution in [0.25, 0.3) is 0 Å². The van der Waals surface area contributed by atoms with Gasteiger partial charge in [-0.15, -0.1) is 0 Å². The molecule has 62 valence electrons. The lowest BCUT2D eigenvalue weighted by Gasteiger charge is -2.03. The Hall–Kier alpha value is -1.58. The van der Waals surface area contributed by atoms with Crippen LogP contribution in [-0.4, -0.2) is 19.6 Å². The SMILES string of the molecule is Cc1ccnn1Cn1cccn1. The van der Waals surface area contributed by atoms with E-state index in [-0.39, 0.29) is 0 Å². The summed E-state index contributed by atoms with van der Waals surface area (Å²) in [5, 5.41) is 8.23. The zero-order valence-corrected chi connectivity index (χ0v) is 6.88. The van der Waals surface area contributed by atoms with Crippen molar-refractivity contribution in [2.24, 2.45) is 0 Å². The number of hydrogen-bond donors (Lipinski definition) is 0. The molecule has 12 heavy (non-hydrogen) atoms. The Morgan fingerprint density at radius 1 is 1.33 bits per heavy atom. The average molecular weight is 162 g/mol. The van der Waals surface area contributed by atoms with Crippen molar-refractivity contribution in [1.29, 1.82) is 0 Å². The highest BCUT2D eigenvalue weighted by Crippen LogP contribution is 1.96. The molecule has 0 fully saturated rings. The van der Waals surface area contributed by atoms with Crippen LogP contribution in [0.1, 0.15) is 5.69 Å². The van der Waals surface area contributed by atoms with Gasteiger partial charge in [-0.2, -0.15) is 10.2 Å². The Labute approximate surface area is 70.4 Å². The third kappa shape index (κ3) is 1.23. The highest BCUT2D eigenvalue weighted by Gasteiger charge is 1.96. The minimum absolute atomic E-state index is 0.686. The molecule has 0 bridgehead atoms. The van der Waals surface area contributed by atoms with Crippen LogP contribution < -0.4 is 0 Å². The number of hydrogen-bond acceptors (Lipinski definition) is 2. The van der Waals surface area contributed by atoms with Crippen molar-refractivity contribution in [1.82, 2.24) is 19.6 Å². The lowest BCUT2D eigenvalue weighted by atomic mass is 10.5. The summed E-state index contributed by atoms with van der Waals surface area (Å²) in [5.41, 5.74) is 1.14. The standard InChI is InChI=1S/C8H10N4/c1-8-3-5-10-12(8)7-11-6-2-4-9-11/h2-6H,7H2,1H3. The molecule has 0 aromatic carbocycles. The van der Waals surface area contributed by atoms with Crippen LogP contribution in [0, 0.1) is 6.92 Å². The van der Waals surface area contributed by atoms with E-state index < -0.39 is 0 Å². The molecule has 2 aromatic heterocycles. The van der Waals surface area contributed by atoms with E-state index in [4.69, 9.17) is 0 Å². The van der Waals surface area contributed by atoms with Crippen molar-refractivity contribution < 1.29 is 0 Å². The molecular formula is C8H10N4. The molecule has 0 spiro atoms. The van der Waals surface area contributed by atoms with Gasteiger partial charge >= 0.3 is 0 Å². The van der Waals surface area contributed by atoms with E-state index in [0.717, 1.165) is 5.69 Å². The van der Waals surface area contributed by atoms with Gasteiger partial charge in [-0.3, -0.25) is 4.68 Å². The summed E-state index contributed by atoms with van der Waals surface area (Å²) in [4.78, 5) is 0. The summed E-state index contributed by atoms with van der Waals surface area (Å²) in [6.07, 6.45) is 5.47. The zero-order chi connectivity index (χ0) is 8.39. The Balaban J connectivity index is 2.20. The van der Waals surface area contributed by atoms with Gasteiger partial charge in [0.2, 0.25) is 0 Å². The fourth-order valence-corrected chi connectivity index (χ4v) is 1.07. The zero-order valence-electron chi connectivity index (χ0n) is 6.88. The fraction of sp³-hybridized carbons (Fsp3) is 0.250. The van der Waals surface area contributed by atoms with Crippen LogP contribution in [0.5, 0.6) is 0 Å². The minimum atomic E-state index is 0.686. The number of rotatable bonds is 2. The summed E-state index contributed by atoms with van der Waals surface area (Å²) in [6.45, 7) is 2.71. The van der Waals surface area contributed by atoms with E-state index in [1.54, 1.807) is 12.4 Å². The largest absolute Gasteiger partial charge is 0.251 e. The van der Waals surface area contributed by atoms with Crippen molar-refractivity contribution >= 4 is 0 Å². The van der Waals surface area contributed by atoms with Crippen LogP contribution >= 0.6 is 0 Å². The quantitative estimate of drug-likeness (QED) is 0.657. The van der Waals surface area contributed by atoms with Crippen LogP contribution in [0.2, 0.25) is 0 Å². The monoisotopic (exact) mass is 162 g/mol. The molecular weight excluding hydrogens is 152 g/mol. The van der Waals surface area contributed by atoms with Gasteiger partial charge in [0.25, 0.3) is 0 Å². The first kappa shape index (κ1) is 7.09. The van der Waals surface area contributed by atoms with Crippen molar-refractivity contribution in [3.05, 3.63) is 36.4 Å². The lowest BCUT2D eigenvalue weighted by molar-refractivity contribution is 0.493. The molecule has 2 aromatic rings. The van der Waals surface area contributed by atoms with E-state index in [9.17, 15) is 0 Å². The molecule has 4 nitrogen and oxygen atoms in total.